The van der Waals surface area contributed by atoms with Crippen molar-refractivity contribution in [1.82, 2.24) is 0 Å². The second kappa shape index (κ2) is 5.18. The Morgan fingerprint density at radius 1 is 1.62 bits per heavy atom. The summed E-state index contributed by atoms with van der Waals surface area (Å²) in [6.45, 7) is 1.83. The van der Waals surface area contributed by atoms with Gasteiger partial charge in [0.15, 0.2) is 0 Å². The van der Waals surface area contributed by atoms with Gasteiger partial charge >= 0.3 is 5.97 Å². The molecule has 1 atom stereocenters. The molecule has 0 fully saturated rings. The molecule has 0 radical (unpaired) electrons. The largest absolute Gasteiger partial charge is 0.497 e. The number of halogens is 1. The number of methoxy groups -OCH3 is 1. The Balaban J connectivity index is 3.03. The molecule has 0 spiro atoms. The van der Waals surface area contributed by atoms with Crippen molar-refractivity contribution in [2.24, 2.45) is 5.73 Å². The van der Waals surface area contributed by atoms with Crippen LogP contribution in [0.4, 0.5) is 0 Å². The smallest absolute Gasteiger partial charge is 0.320 e. The third kappa shape index (κ3) is 2.87. The molecule has 16 heavy (non-hydrogen) atoms. The van der Waals surface area contributed by atoms with Gasteiger partial charge in [-0.15, -0.1) is 0 Å². The van der Waals surface area contributed by atoms with Gasteiger partial charge in [0.05, 0.1) is 7.11 Å². The second-order valence-corrected chi connectivity index (χ2v) is 3.95. The summed E-state index contributed by atoms with van der Waals surface area (Å²) in [5.74, 6) is -0.429. The molecule has 0 aliphatic heterocycles. The number of carboxylic acid groups (broad SMARTS) is 1. The predicted molar refractivity (Wildman–Crippen MR) is 62.1 cm³/mol. The summed E-state index contributed by atoms with van der Waals surface area (Å²) in [7, 11) is 1.53. The third-order valence-electron chi connectivity index (χ3n) is 2.42. The lowest BCUT2D eigenvalue weighted by atomic mass is 10.0. The molecule has 0 amide bonds. The average molecular weight is 244 g/mol. The summed E-state index contributed by atoms with van der Waals surface area (Å²) in [6, 6.07) is 2.51. The first-order valence-electron chi connectivity index (χ1n) is 4.77. The van der Waals surface area contributed by atoms with Crippen LogP contribution < -0.4 is 10.5 Å². The number of carbonyl (C=O) groups is 1. The monoisotopic (exact) mass is 243 g/mol. The summed E-state index contributed by atoms with van der Waals surface area (Å²) in [4.78, 5) is 10.7. The zero-order chi connectivity index (χ0) is 12.3. The highest BCUT2D eigenvalue weighted by Gasteiger charge is 2.15. The van der Waals surface area contributed by atoms with Crippen LogP contribution in [-0.2, 0) is 11.2 Å². The van der Waals surface area contributed by atoms with Crippen molar-refractivity contribution in [3.63, 3.8) is 0 Å². The maximum atomic E-state index is 10.7. The molecule has 1 aromatic carbocycles. The maximum Gasteiger partial charge on any atom is 0.320 e. The van der Waals surface area contributed by atoms with Crippen molar-refractivity contribution in [2.75, 3.05) is 7.11 Å². The van der Waals surface area contributed by atoms with Crippen LogP contribution in [0.5, 0.6) is 5.75 Å². The Morgan fingerprint density at radius 2 is 2.25 bits per heavy atom. The lowest BCUT2D eigenvalue weighted by Gasteiger charge is -2.12. The number of ether oxygens (including phenoxy) is 1. The number of hydrogen-bond acceptors (Lipinski definition) is 3. The van der Waals surface area contributed by atoms with E-state index in [1.54, 1.807) is 12.1 Å². The van der Waals surface area contributed by atoms with Gasteiger partial charge < -0.3 is 15.6 Å². The fraction of sp³-hybridized carbons (Fsp3) is 0.364. The first-order valence-corrected chi connectivity index (χ1v) is 5.15. The second-order valence-electron chi connectivity index (χ2n) is 3.54. The van der Waals surface area contributed by atoms with Crippen LogP contribution in [-0.4, -0.2) is 24.2 Å². The lowest BCUT2D eigenvalue weighted by Crippen LogP contribution is -2.32. The van der Waals surface area contributed by atoms with E-state index >= 15 is 0 Å². The van der Waals surface area contributed by atoms with E-state index in [-0.39, 0.29) is 6.42 Å². The van der Waals surface area contributed by atoms with Crippen LogP contribution in [0.25, 0.3) is 0 Å². The summed E-state index contributed by atoms with van der Waals surface area (Å²) < 4.78 is 5.06. The van der Waals surface area contributed by atoms with Crippen molar-refractivity contribution in [3.05, 3.63) is 28.3 Å². The van der Waals surface area contributed by atoms with Gasteiger partial charge in [-0.3, -0.25) is 4.79 Å². The molecule has 3 N–H and O–H groups in total. The SMILES string of the molecule is COc1cc(Cl)c(C)c(CC(N)C(=O)O)c1. The van der Waals surface area contributed by atoms with E-state index in [0.29, 0.717) is 10.8 Å². The fourth-order valence-electron chi connectivity index (χ4n) is 1.36. The molecule has 0 aliphatic rings. The first kappa shape index (κ1) is 12.8. The lowest BCUT2D eigenvalue weighted by molar-refractivity contribution is -0.138. The van der Waals surface area contributed by atoms with Crippen molar-refractivity contribution >= 4 is 17.6 Å². The molecule has 1 aromatic rings. The zero-order valence-electron chi connectivity index (χ0n) is 9.16. The van der Waals surface area contributed by atoms with Crippen LogP contribution in [0.1, 0.15) is 11.1 Å². The minimum absolute atomic E-state index is 0.234. The number of hydrogen-bond donors (Lipinski definition) is 2. The highest BCUT2D eigenvalue weighted by atomic mass is 35.5. The van der Waals surface area contributed by atoms with E-state index in [9.17, 15) is 4.79 Å². The number of rotatable bonds is 4. The molecular formula is C11H14ClNO3. The fourth-order valence-corrected chi connectivity index (χ4v) is 1.59. The number of aliphatic carboxylic acids is 1. The maximum absolute atomic E-state index is 10.7. The van der Waals surface area contributed by atoms with Gasteiger partial charge in [-0.05, 0) is 36.6 Å². The minimum atomic E-state index is -1.03. The molecule has 5 heteroatoms. The Morgan fingerprint density at radius 3 is 2.75 bits per heavy atom. The number of benzene rings is 1. The predicted octanol–water partition coefficient (Wildman–Crippen LogP) is 1.61. The van der Waals surface area contributed by atoms with E-state index in [0.717, 1.165) is 11.1 Å². The highest BCUT2D eigenvalue weighted by Crippen LogP contribution is 2.26. The van der Waals surface area contributed by atoms with Crippen molar-refractivity contribution < 1.29 is 14.6 Å². The molecule has 0 saturated carbocycles. The molecule has 0 heterocycles. The van der Waals surface area contributed by atoms with Crippen molar-refractivity contribution in [3.8, 4) is 5.75 Å². The zero-order valence-corrected chi connectivity index (χ0v) is 9.91. The molecule has 0 aromatic heterocycles. The molecule has 4 nitrogen and oxygen atoms in total. The molecule has 1 unspecified atom stereocenters. The van der Waals surface area contributed by atoms with E-state index in [1.165, 1.54) is 7.11 Å². The van der Waals surface area contributed by atoms with Crippen LogP contribution in [0.3, 0.4) is 0 Å². The van der Waals surface area contributed by atoms with Crippen LogP contribution in [0.2, 0.25) is 5.02 Å². The summed E-state index contributed by atoms with van der Waals surface area (Å²) in [5.41, 5.74) is 7.10. The summed E-state index contributed by atoms with van der Waals surface area (Å²) in [5, 5.41) is 9.29. The van der Waals surface area contributed by atoms with Gasteiger partial charge in [-0.25, -0.2) is 0 Å². The van der Waals surface area contributed by atoms with Crippen molar-refractivity contribution in [1.29, 1.82) is 0 Å². The third-order valence-corrected chi connectivity index (χ3v) is 2.81. The van der Waals surface area contributed by atoms with E-state index in [1.807, 2.05) is 6.92 Å². The van der Waals surface area contributed by atoms with Gasteiger partial charge in [-0.1, -0.05) is 11.6 Å². The van der Waals surface area contributed by atoms with E-state index in [2.05, 4.69) is 0 Å². The Labute approximate surface area is 99.0 Å². The highest BCUT2D eigenvalue weighted by molar-refractivity contribution is 6.31. The van der Waals surface area contributed by atoms with Gasteiger partial charge in [0, 0.05) is 5.02 Å². The minimum Gasteiger partial charge on any atom is -0.497 e. The van der Waals surface area contributed by atoms with Gasteiger partial charge in [0.25, 0.3) is 0 Å². The molecule has 1 rings (SSSR count). The van der Waals surface area contributed by atoms with Gasteiger partial charge in [-0.2, -0.15) is 0 Å². The Hall–Kier alpha value is -1.26. The van der Waals surface area contributed by atoms with E-state index in [4.69, 9.17) is 27.2 Å². The number of nitrogens with two attached hydrogens (primary N) is 1. The quantitative estimate of drug-likeness (QED) is 0.843. The first-order chi connectivity index (χ1) is 7.45. The summed E-state index contributed by atoms with van der Waals surface area (Å²) in [6.07, 6.45) is 0.234. The molecule has 0 aliphatic carbocycles. The molecule has 0 saturated heterocycles. The van der Waals surface area contributed by atoms with Gasteiger partial charge in [0.1, 0.15) is 11.8 Å². The van der Waals surface area contributed by atoms with Gasteiger partial charge in [0.2, 0.25) is 0 Å². The average Bonchev–Trinajstić information content (AvgIpc) is 2.24. The van der Waals surface area contributed by atoms with Crippen LogP contribution in [0.15, 0.2) is 12.1 Å². The van der Waals surface area contributed by atoms with Crippen LogP contribution in [0, 0.1) is 6.92 Å². The molecule has 0 bridgehead atoms. The topological polar surface area (TPSA) is 72.5 Å². The van der Waals surface area contributed by atoms with Crippen molar-refractivity contribution in [2.45, 2.75) is 19.4 Å². The van der Waals surface area contributed by atoms with E-state index < -0.39 is 12.0 Å². The number of carboxylic acids is 1. The summed E-state index contributed by atoms with van der Waals surface area (Å²) >= 11 is 5.99. The Bertz CT molecular complexity index is 406. The molecule has 88 valence electrons. The molecular weight excluding hydrogens is 230 g/mol. The standard InChI is InChI=1S/C11H14ClNO3/c1-6-7(4-10(13)11(14)15)3-8(16-2)5-9(6)12/h3,5,10H,4,13H2,1-2H3,(H,14,15). The normalized spacial score (nSPS) is 12.2. The van der Waals surface area contributed by atoms with Crippen LogP contribution >= 0.6 is 11.6 Å². The Kier molecular flexibility index (Phi) is 4.15.